The summed E-state index contributed by atoms with van der Waals surface area (Å²) in [6.07, 6.45) is 0. The van der Waals surface area contributed by atoms with Gasteiger partial charge >= 0.3 is 5.69 Å². The molecular formula is C15H14BrN5O2S. The van der Waals surface area contributed by atoms with Gasteiger partial charge in [0.2, 0.25) is 5.69 Å². The van der Waals surface area contributed by atoms with Crippen LogP contribution in [0.1, 0.15) is 10.6 Å². The first-order chi connectivity index (χ1) is 11.6. The van der Waals surface area contributed by atoms with Crippen molar-refractivity contribution in [2.75, 3.05) is 31.1 Å². The van der Waals surface area contributed by atoms with Crippen molar-refractivity contribution in [3.8, 4) is 6.07 Å². The molecule has 0 aromatic carbocycles. The predicted molar refractivity (Wildman–Crippen MR) is 95.1 cm³/mol. The van der Waals surface area contributed by atoms with Gasteiger partial charge in [0, 0.05) is 43.7 Å². The summed E-state index contributed by atoms with van der Waals surface area (Å²) in [5.74, 6) is 0.621. The second-order valence-corrected chi connectivity index (χ2v) is 7.92. The number of rotatable bonds is 4. The van der Waals surface area contributed by atoms with Crippen molar-refractivity contribution in [1.29, 1.82) is 5.26 Å². The van der Waals surface area contributed by atoms with E-state index in [1.54, 1.807) is 17.4 Å². The van der Waals surface area contributed by atoms with Gasteiger partial charge < -0.3 is 4.90 Å². The largest absolute Gasteiger partial charge is 0.354 e. The van der Waals surface area contributed by atoms with E-state index in [0.29, 0.717) is 5.82 Å². The number of hydrogen-bond acceptors (Lipinski definition) is 7. The molecule has 7 nitrogen and oxygen atoms in total. The van der Waals surface area contributed by atoms with Crippen molar-refractivity contribution in [2.24, 2.45) is 0 Å². The van der Waals surface area contributed by atoms with E-state index in [2.05, 4.69) is 42.8 Å². The van der Waals surface area contributed by atoms with Crippen molar-refractivity contribution in [1.82, 2.24) is 9.88 Å². The summed E-state index contributed by atoms with van der Waals surface area (Å²) in [4.78, 5) is 20.2. The van der Waals surface area contributed by atoms with Gasteiger partial charge in [0.15, 0.2) is 0 Å². The number of anilines is 1. The lowest BCUT2D eigenvalue weighted by molar-refractivity contribution is -0.385. The fourth-order valence-corrected chi connectivity index (χ4v) is 4.17. The fraction of sp³-hybridized carbons (Fsp3) is 0.333. The van der Waals surface area contributed by atoms with Crippen LogP contribution in [-0.2, 0) is 6.54 Å². The molecule has 1 saturated heterocycles. The minimum atomic E-state index is -0.577. The van der Waals surface area contributed by atoms with Crippen LogP contribution < -0.4 is 4.90 Å². The van der Waals surface area contributed by atoms with Crippen molar-refractivity contribution < 1.29 is 4.92 Å². The number of halogens is 1. The highest BCUT2D eigenvalue weighted by Gasteiger charge is 2.22. The van der Waals surface area contributed by atoms with E-state index in [9.17, 15) is 10.1 Å². The number of nitriles is 1. The molecule has 2 aromatic rings. The molecule has 0 N–H and O–H groups in total. The Labute approximate surface area is 151 Å². The Balaban J connectivity index is 1.64. The molecule has 0 atom stereocenters. The van der Waals surface area contributed by atoms with E-state index in [1.807, 2.05) is 6.07 Å². The maximum absolute atomic E-state index is 10.9. The molecule has 9 heteroatoms. The van der Waals surface area contributed by atoms with Crippen LogP contribution in [0.5, 0.6) is 0 Å². The highest BCUT2D eigenvalue weighted by Crippen LogP contribution is 2.25. The van der Waals surface area contributed by atoms with Crippen molar-refractivity contribution in [3.05, 3.63) is 48.7 Å². The molecule has 0 aliphatic carbocycles. The second-order valence-electron chi connectivity index (χ2n) is 5.38. The first kappa shape index (κ1) is 16.8. The number of hydrogen-bond donors (Lipinski definition) is 0. The number of thiophene rings is 1. The van der Waals surface area contributed by atoms with Gasteiger partial charge in [-0.05, 0) is 34.1 Å². The Bertz CT molecular complexity index is 795. The molecule has 0 amide bonds. The number of nitrogens with zero attached hydrogens (tertiary/aromatic N) is 5. The Morgan fingerprint density at radius 1 is 1.29 bits per heavy atom. The van der Waals surface area contributed by atoms with Crippen LogP contribution in [0.3, 0.4) is 0 Å². The third-order valence-corrected chi connectivity index (χ3v) is 5.47. The average molecular weight is 408 g/mol. The standard InChI is InChI=1S/C15H14BrN5O2S/c16-14-3-1-11(24-14)10-19-5-7-20(8-6-19)15-4-2-13(21(22)23)12(9-17)18-15/h1-4H,5-8,10H2. The molecule has 24 heavy (non-hydrogen) atoms. The number of aromatic nitrogens is 1. The Morgan fingerprint density at radius 2 is 2.04 bits per heavy atom. The minimum Gasteiger partial charge on any atom is -0.354 e. The minimum absolute atomic E-state index is 0.136. The molecule has 124 valence electrons. The average Bonchev–Trinajstić information content (AvgIpc) is 2.99. The lowest BCUT2D eigenvalue weighted by Crippen LogP contribution is -2.46. The molecule has 1 aliphatic heterocycles. The Kier molecular flexibility index (Phi) is 5.08. The van der Waals surface area contributed by atoms with Crippen LogP contribution in [0.2, 0.25) is 0 Å². The molecule has 3 heterocycles. The van der Waals surface area contributed by atoms with Crippen LogP contribution in [0, 0.1) is 21.4 Å². The van der Waals surface area contributed by atoms with Crippen LogP contribution in [-0.4, -0.2) is 41.0 Å². The molecule has 0 bridgehead atoms. The summed E-state index contributed by atoms with van der Waals surface area (Å²) in [6, 6.07) is 8.96. The summed E-state index contributed by atoms with van der Waals surface area (Å²) in [5.41, 5.74) is -0.383. The predicted octanol–water partition coefficient (Wildman–Crippen LogP) is 3.01. The van der Waals surface area contributed by atoms with Gasteiger partial charge in [-0.2, -0.15) is 5.26 Å². The van der Waals surface area contributed by atoms with Crippen LogP contribution in [0.15, 0.2) is 28.1 Å². The van der Waals surface area contributed by atoms with E-state index in [-0.39, 0.29) is 11.4 Å². The van der Waals surface area contributed by atoms with Gasteiger partial charge in [-0.15, -0.1) is 11.3 Å². The zero-order valence-electron chi connectivity index (χ0n) is 12.7. The number of pyridine rings is 1. The summed E-state index contributed by atoms with van der Waals surface area (Å²) in [6.45, 7) is 4.25. The first-order valence-electron chi connectivity index (χ1n) is 7.34. The summed E-state index contributed by atoms with van der Waals surface area (Å²) in [7, 11) is 0. The molecule has 0 saturated carbocycles. The zero-order chi connectivity index (χ0) is 17.1. The summed E-state index contributed by atoms with van der Waals surface area (Å²) in [5, 5.41) is 19.9. The molecular weight excluding hydrogens is 394 g/mol. The Hall–Kier alpha value is -2.02. The summed E-state index contributed by atoms with van der Waals surface area (Å²) < 4.78 is 1.13. The van der Waals surface area contributed by atoms with Gasteiger partial charge in [0.1, 0.15) is 11.9 Å². The quantitative estimate of drug-likeness (QED) is 0.571. The molecule has 1 aliphatic rings. The zero-order valence-corrected chi connectivity index (χ0v) is 15.1. The molecule has 0 spiro atoms. The van der Waals surface area contributed by atoms with Gasteiger partial charge in [-0.3, -0.25) is 15.0 Å². The summed E-state index contributed by atoms with van der Waals surface area (Å²) >= 11 is 5.21. The monoisotopic (exact) mass is 407 g/mol. The lowest BCUT2D eigenvalue weighted by atomic mass is 10.2. The molecule has 0 radical (unpaired) electrons. The van der Waals surface area contributed by atoms with Crippen molar-refractivity contribution in [3.63, 3.8) is 0 Å². The van der Waals surface area contributed by atoms with Crippen molar-refractivity contribution in [2.45, 2.75) is 6.54 Å². The maximum atomic E-state index is 10.9. The van der Waals surface area contributed by atoms with Crippen LogP contribution in [0.4, 0.5) is 11.5 Å². The van der Waals surface area contributed by atoms with Gasteiger partial charge in [0.05, 0.1) is 8.71 Å². The SMILES string of the molecule is N#Cc1nc(N2CCN(Cc3ccc(Br)s3)CC2)ccc1[N+](=O)[O-]. The number of piperazine rings is 1. The highest BCUT2D eigenvalue weighted by molar-refractivity contribution is 9.11. The third kappa shape index (κ3) is 3.72. The van der Waals surface area contributed by atoms with Gasteiger partial charge in [0.25, 0.3) is 0 Å². The molecule has 0 unspecified atom stereocenters. The maximum Gasteiger partial charge on any atom is 0.305 e. The first-order valence-corrected chi connectivity index (χ1v) is 8.95. The third-order valence-electron chi connectivity index (χ3n) is 3.87. The van der Waals surface area contributed by atoms with Crippen LogP contribution >= 0.6 is 27.3 Å². The topological polar surface area (TPSA) is 86.3 Å². The Morgan fingerprint density at radius 3 is 2.62 bits per heavy atom. The van der Waals surface area contributed by atoms with E-state index < -0.39 is 4.92 Å². The second kappa shape index (κ2) is 7.25. The van der Waals surface area contributed by atoms with E-state index in [1.165, 1.54) is 10.9 Å². The molecule has 1 fully saturated rings. The van der Waals surface area contributed by atoms with Gasteiger partial charge in [-0.1, -0.05) is 0 Å². The van der Waals surface area contributed by atoms with E-state index in [0.717, 1.165) is 36.5 Å². The van der Waals surface area contributed by atoms with E-state index in [4.69, 9.17) is 5.26 Å². The van der Waals surface area contributed by atoms with Crippen LogP contribution in [0.25, 0.3) is 0 Å². The molecule has 2 aromatic heterocycles. The number of nitro groups is 1. The fourth-order valence-electron chi connectivity index (χ4n) is 2.64. The van der Waals surface area contributed by atoms with E-state index >= 15 is 0 Å². The molecule has 3 rings (SSSR count). The van der Waals surface area contributed by atoms with Crippen molar-refractivity contribution >= 4 is 38.8 Å². The normalized spacial score (nSPS) is 15.2. The smallest absolute Gasteiger partial charge is 0.305 e. The highest BCUT2D eigenvalue weighted by atomic mass is 79.9. The van der Waals surface area contributed by atoms with Gasteiger partial charge in [-0.25, -0.2) is 4.98 Å². The lowest BCUT2D eigenvalue weighted by Gasteiger charge is -2.35.